The predicted molar refractivity (Wildman–Crippen MR) is 58.0 cm³/mol. The summed E-state index contributed by atoms with van der Waals surface area (Å²) in [5, 5.41) is 2.48. The number of hydrogen-bond donors (Lipinski definition) is 2. The Morgan fingerprint density at radius 3 is 2.20 bits per heavy atom. The van der Waals surface area contributed by atoms with Crippen LogP contribution in [-0.2, 0) is 14.9 Å². The first-order valence-electron chi connectivity index (χ1n) is 4.81. The lowest BCUT2D eigenvalue weighted by atomic mass is 9.80. The van der Waals surface area contributed by atoms with Gasteiger partial charge in [0, 0.05) is 12.0 Å². The Kier molecular flexibility index (Phi) is 4.73. The third-order valence-electron chi connectivity index (χ3n) is 2.67. The molecule has 5 nitrogen and oxygen atoms in total. The average molecular weight is 237 g/mol. The summed E-state index contributed by atoms with van der Waals surface area (Å²) in [6.45, 7) is 7.36. The van der Waals surface area contributed by atoms with Gasteiger partial charge in [-0.1, -0.05) is 27.7 Å². The van der Waals surface area contributed by atoms with Gasteiger partial charge in [0.05, 0.1) is 5.75 Å². The number of carbonyl (C=O) groups is 1. The van der Waals surface area contributed by atoms with Gasteiger partial charge in [-0.05, 0) is 5.92 Å². The second-order valence-corrected chi connectivity index (χ2v) is 5.99. The van der Waals surface area contributed by atoms with Crippen LogP contribution in [0.4, 0.5) is 0 Å². The second-order valence-electron chi connectivity index (χ2n) is 4.42. The molecule has 0 aromatic rings. The zero-order valence-electron chi connectivity index (χ0n) is 9.57. The largest absolute Gasteiger partial charge is 0.355 e. The number of carbonyl (C=O) groups excluding carboxylic acids is 1. The first-order valence-corrected chi connectivity index (χ1v) is 6.41. The van der Waals surface area contributed by atoms with E-state index in [0.29, 0.717) is 0 Å². The van der Waals surface area contributed by atoms with Crippen LogP contribution < -0.4 is 5.32 Å². The van der Waals surface area contributed by atoms with E-state index in [4.69, 9.17) is 4.55 Å². The fourth-order valence-electron chi connectivity index (χ4n) is 0.784. The quantitative estimate of drug-likeness (QED) is 0.688. The van der Waals surface area contributed by atoms with Gasteiger partial charge in [0.1, 0.15) is 0 Å². The molecule has 0 rings (SSSR count). The first-order chi connectivity index (χ1) is 6.57. The normalized spacial score (nSPS) is 12.9. The van der Waals surface area contributed by atoms with E-state index in [1.807, 2.05) is 13.8 Å². The fourth-order valence-corrected chi connectivity index (χ4v) is 1.14. The molecule has 0 fully saturated rings. The van der Waals surface area contributed by atoms with Gasteiger partial charge < -0.3 is 5.32 Å². The highest BCUT2D eigenvalue weighted by Crippen LogP contribution is 2.25. The molecule has 0 bridgehead atoms. The summed E-state index contributed by atoms with van der Waals surface area (Å²) in [6.07, 6.45) is 0. The summed E-state index contributed by atoms with van der Waals surface area (Å²) in [4.78, 5) is 11.6. The van der Waals surface area contributed by atoms with Gasteiger partial charge in [-0.25, -0.2) is 0 Å². The van der Waals surface area contributed by atoms with E-state index in [-0.39, 0.29) is 18.4 Å². The summed E-state index contributed by atoms with van der Waals surface area (Å²) < 4.78 is 29.3. The highest BCUT2D eigenvalue weighted by atomic mass is 32.2. The third kappa shape index (κ3) is 5.13. The van der Waals surface area contributed by atoms with Crippen molar-refractivity contribution in [1.82, 2.24) is 5.32 Å². The van der Waals surface area contributed by atoms with Crippen LogP contribution in [0, 0.1) is 11.3 Å². The second kappa shape index (κ2) is 4.94. The Morgan fingerprint density at radius 1 is 1.40 bits per heavy atom. The van der Waals surface area contributed by atoms with Gasteiger partial charge in [-0.15, -0.1) is 0 Å². The minimum Gasteiger partial charge on any atom is -0.355 e. The lowest BCUT2D eigenvalue weighted by Crippen LogP contribution is -2.41. The molecule has 2 N–H and O–H groups in total. The Balaban J connectivity index is 4.17. The molecule has 0 heterocycles. The van der Waals surface area contributed by atoms with Crippen molar-refractivity contribution in [2.24, 2.45) is 11.3 Å². The van der Waals surface area contributed by atoms with E-state index >= 15 is 0 Å². The molecule has 0 saturated carbocycles. The van der Waals surface area contributed by atoms with Gasteiger partial charge >= 0.3 is 0 Å². The first kappa shape index (κ1) is 14.4. The molecule has 1 amide bonds. The summed E-state index contributed by atoms with van der Waals surface area (Å²) in [5.74, 6) is -0.503. The maximum atomic E-state index is 11.6. The molecule has 0 aliphatic heterocycles. The van der Waals surface area contributed by atoms with Crippen molar-refractivity contribution >= 4 is 16.0 Å². The van der Waals surface area contributed by atoms with Crippen LogP contribution in [0.3, 0.4) is 0 Å². The van der Waals surface area contributed by atoms with Gasteiger partial charge in [-0.2, -0.15) is 8.42 Å². The van der Waals surface area contributed by atoms with Crippen LogP contribution in [0.15, 0.2) is 0 Å². The summed E-state index contributed by atoms with van der Waals surface area (Å²) in [5.41, 5.74) is -0.542. The van der Waals surface area contributed by atoms with Crippen LogP contribution in [-0.4, -0.2) is 31.2 Å². The van der Waals surface area contributed by atoms with Crippen molar-refractivity contribution in [2.75, 3.05) is 12.3 Å². The summed E-state index contributed by atoms with van der Waals surface area (Å²) >= 11 is 0. The Bertz CT molecular complexity index is 319. The smallest absolute Gasteiger partial charge is 0.266 e. The van der Waals surface area contributed by atoms with E-state index in [2.05, 4.69) is 5.32 Å². The molecule has 0 unspecified atom stereocenters. The minimum absolute atomic E-state index is 0.0617. The van der Waals surface area contributed by atoms with Crippen molar-refractivity contribution in [1.29, 1.82) is 0 Å². The molecule has 0 atom stereocenters. The van der Waals surface area contributed by atoms with Gasteiger partial charge in [0.2, 0.25) is 5.91 Å². The summed E-state index contributed by atoms with van der Waals surface area (Å²) in [7, 11) is -4.00. The van der Waals surface area contributed by atoms with Gasteiger partial charge in [-0.3, -0.25) is 9.35 Å². The van der Waals surface area contributed by atoms with Crippen LogP contribution in [0.5, 0.6) is 0 Å². The Morgan fingerprint density at radius 2 is 1.87 bits per heavy atom. The minimum atomic E-state index is -4.00. The Hall–Kier alpha value is -0.620. The molecule has 6 heteroatoms. The van der Waals surface area contributed by atoms with Crippen molar-refractivity contribution < 1.29 is 17.8 Å². The molecule has 0 saturated heterocycles. The molecule has 0 aliphatic carbocycles. The van der Waals surface area contributed by atoms with Crippen LogP contribution in [0.1, 0.15) is 27.7 Å². The van der Waals surface area contributed by atoms with Crippen molar-refractivity contribution in [2.45, 2.75) is 27.7 Å². The molecule has 0 aromatic heterocycles. The van der Waals surface area contributed by atoms with E-state index in [1.165, 1.54) is 0 Å². The average Bonchev–Trinajstić information content (AvgIpc) is 2.01. The molecule has 0 aromatic carbocycles. The highest BCUT2D eigenvalue weighted by Gasteiger charge is 2.30. The third-order valence-corrected chi connectivity index (χ3v) is 3.39. The molecule has 0 spiro atoms. The Labute approximate surface area is 91.0 Å². The molecule has 15 heavy (non-hydrogen) atoms. The number of hydrogen-bond acceptors (Lipinski definition) is 3. The van der Waals surface area contributed by atoms with Crippen LogP contribution in [0.2, 0.25) is 0 Å². The number of amides is 1. The highest BCUT2D eigenvalue weighted by molar-refractivity contribution is 7.85. The molecule has 0 aliphatic rings. The molecular weight excluding hydrogens is 218 g/mol. The number of rotatable bonds is 5. The van der Waals surface area contributed by atoms with Crippen LogP contribution in [0.25, 0.3) is 0 Å². The zero-order chi connectivity index (χ0) is 12.3. The standard InChI is InChI=1S/C9H19NO4S/c1-7(2)9(3,4)8(11)10-5-6-15(12,13)14/h7H,5-6H2,1-4H3,(H,10,11)(H,12,13,14). The molecule has 90 valence electrons. The zero-order valence-corrected chi connectivity index (χ0v) is 10.4. The monoisotopic (exact) mass is 237 g/mol. The lowest BCUT2D eigenvalue weighted by molar-refractivity contribution is -0.131. The van der Waals surface area contributed by atoms with Crippen LogP contribution >= 0.6 is 0 Å². The molecule has 0 radical (unpaired) electrons. The number of nitrogens with one attached hydrogen (secondary N) is 1. The van der Waals surface area contributed by atoms with E-state index in [1.54, 1.807) is 13.8 Å². The maximum absolute atomic E-state index is 11.6. The van der Waals surface area contributed by atoms with E-state index in [0.717, 1.165) is 0 Å². The van der Waals surface area contributed by atoms with Crippen molar-refractivity contribution in [3.63, 3.8) is 0 Å². The summed E-state index contributed by atoms with van der Waals surface area (Å²) in [6, 6.07) is 0. The van der Waals surface area contributed by atoms with E-state index in [9.17, 15) is 13.2 Å². The topological polar surface area (TPSA) is 83.5 Å². The SMILES string of the molecule is CC(C)C(C)(C)C(=O)NCCS(=O)(=O)O. The fraction of sp³-hybridized carbons (Fsp3) is 0.889. The van der Waals surface area contributed by atoms with Gasteiger partial charge in [0.15, 0.2) is 0 Å². The van der Waals surface area contributed by atoms with E-state index < -0.39 is 21.3 Å². The predicted octanol–water partition coefficient (Wildman–Crippen LogP) is 0.673. The van der Waals surface area contributed by atoms with Gasteiger partial charge in [0.25, 0.3) is 10.1 Å². The molecular formula is C9H19NO4S. The maximum Gasteiger partial charge on any atom is 0.266 e. The van der Waals surface area contributed by atoms with Crippen molar-refractivity contribution in [3.8, 4) is 0 Å². The lowest BCUT2D eigenvalue weighted by Gasteiger charge is -2.27. The van der Waals surface area contributed by atoms with Crippen molar-refractivity contribution in [3.05, 3.63) is 0 Å².